The van der Waals surface area contributed by atoms with Crippen LogP contribution < -0.4 is 14.7 Å². The number of carbonyl (C=O) groups is 3. The molecule has 9 nitrogen and oxygen atoms in total. The van der Waals surface area contributed by atoms with Gasteiger partial charge in [0.25, 0.3) is 11.8 Å². The molecule has 0 aliphatic carbocycles. The minimum Gasteiger partial charge on any atom is -0.464 e. The highest BCUT2D eigenvalue weighted by Crippen LogP contribution is 2.55. The van der Waals surface area contributed by atoms with Gasteiger partial charge in [0, 0.05) is 79.7 Å². The molecule has 0 atom stereocenters. The molecule has 0 spiro atoms. The molecule has 11 heteroatoms. The van der Waals surface area contributed by atoms with Crippen molar-refractivity contribution in [3.63, 3.8) is 0 Å². The number of rotatable bonds is 6. The van der Waals surface area contributed by atoms with E-state index in [0.717, 1.165) is 77.7 Å². The van der Waals surface area contributed by atoms with Crippen molar-refractivity contribution in [2.75, 3.05) is 40.9 Å². The number of anilines is 5. The molecule has 0 bridgehead atoms. The van der Waals surface area contributed by atoms with Gasteiger partial charge in [0.1, 0.15) is 11.6 Å². The lowest BCUT2D eigenvalue weighted by Gasteiger charge is -2.49. The van der Waals surface area contributed by atoms with E-state index >= 15 is 0 Å². The molecule has 0 saturated carbocycles. The van der Waals surface area contributed by atoms with Crippen molar-refractivity contribution in [2.24, 2.45) is 0 Å². The van der Waals surface area contributed by atoms with Crippen molar-refractivity contribution in [3.8, 4) is 26.3 Å². The van der Waals surface area contributed by atoms with Crippen molar-refractivity contribution in [1.82, 2.24) is 4.90 Å². The monoisotopic (exact) mass is 915 g/mol. The Labute approximate surface area is 396 Å². The molecule has 1 N–H and O–H groups in total. The SMILES string of the molecule is CC1=C(C#N)C(=O)N(C(=O)O)C(=O)/C1=C/c1ccc(-c2ccc(-c3ccc(N(c4cc5c6c(c4)C(C)(C)CCN6CCC5(C)C)c4cc5c6c(c4)C(C)(C)CCN6CCC5(C)C)cc3)s2)s1. The molecule has 5 aliphatic rings. The Morgan fingerprint density at radius 1 is 0.636 bits per heavy atom. The van der Waals surface area contributed by atoms with Crippen LogP contribution in [-0.4, -0.2) is 54.1 Å². The van der Waals surface area contributed by atoms with E-state index < -0.39 is 17.9 Å². The van der Waals surface area contributed by atoms with Crippen LogP contribution in [0.4, 0.5) is 33.2 Å². The molecule has 0 fully saturated rings. The Hall–Kier alpha value is -5.96. The van der Waals surface area contributed by atoms with E-state index in [-0.39, 0.29) is 43.3 Å². The summed E-state index contributed by atoms with van der Waals surface area (Å²) in [6, 6.07) is 29.0. The first-order valence-corrected chi connectivity index (χ1v) is 24.8. The van der Waals surface area contributed by atoms with E-state index in [0.29, 0.717) is 4.88 Å². The Morgan fingerprint density at radius 2 is 1.08 bits per heavy atom. The summed E-state index contributed by atoms with van der Waals surface area (Å²) in [5, 5.41) is 19.2. The molecule has 0 radical (unpaired) electrons. The topological polar surface area (TPSA) is 108 Å². The predicted octanol–water partition coefficient (Wildman–Crippen LogP) is 13.2. The smallest absolute Gasteiger partial charge is 0.421 e. The summed E-state index contributed by atoms with van der Waals surface area (Å²) in [6.07, 6.45) is 4.35. The molecular formula is C55H57N5O4S2. The van der Waals surface area contributed by atoms with Crippen LogP contribution in [0.3, 0.4) is 0 Å². The summed E-state index contributed by atoms with van der Waals surface area (Å²) in [5.74, 6) is -2.08. The van der Waals surface area contributed by atoms with E-state index in [1.54, 1.807) is 23.5 Å². The second-order valence-corrected chi connectivity index (χ2v) is 23.6. The number of benzene rings is 3. The summed E-state index contributed by atoms with van der Waals surface area (Å²) in [6.45, 7) is 25.3. The maximum absolute atomic E-state index is 13.1. The van der Waals surface area contributed by atoms with Crippen molar-refractivity contribution < 1.29 is 19.5 Å². The number of hydrogen-bond donors (Lipinski definition) is 1. The lowest BCUT2D eigenvalue weighted by Crippen LogP contribution is -2.45. The van der Waals surface area contributed by atoms with Crippen LogP contribution in [0.1, 0.15) is 115 Å². The zero-order valence-corrected chi connectivity index (χ0v) is 41.0. The molecule has 2 aromatic heterocycles. The van der Waals surface area contributed by atoms with Crippen LogP contribution in [0.2, 0.25) is 0 Å². The van der Waals surface area contributed by atoms with Crippen LogP contribution in [0.15, 0.2) is 89.5 Å². The lowest BCUT2D eigenvalue weighted by molar-refractivity contribution is -0.137. The largest absolute Gasteiger partial charge is 0.464 e. The van der Waals surface area contributed by atoms with Crippen LogP contribution in [0.25, 0.3) is 26.3 Å². The lowest BCUT2D eigenvalue weighted by atomic mass is 9.69. The van der Waals surface area contributed by atoms with E-state index in [2.05, 4.69) is 131 Å². The van der Waals surface area contributed by atoms with Gasteiger partial charge in [-0.3, -0.25) is 9.59 Å². The quantitative estimate of drug-likeness (QED) is 0.133. The zero-order chi connectivity index (χ0) is 46.8. The molecule has 0 saturated heterocycles. The first-order valence-electron chi connectivity index (χ1n) is 23.1. The van der Waals surface area contributed by atoms with Gasteiger partial charge in [-0.2, -0.15) is 10.2 Å². The highest BCUT2D eigenvalue weighted by molar-refractivity contribution is 7.24. The Balaban J connectivity index is 1.05. The number of thiophene rings is 2. The second-order valence-electron chi connectivity index (χ2n) is 21.4. The van der Waals surface area contributed by atoms with Gasteiger partial charge < -0.3 is 19.8 Å². The number of imide groups is 3. The van der Waals surface area contributed by atoms with Gasteiger partial charge in [-0.25, -0.2) is 4.79 Å². The summed E-state index contributed by atoms with van der Waals surface area (Å²) in [7, 11) is 0. The van der Waals surface area contributed by atoms with Gasteiger partial charge in [-0.05, 0) is 154 Å². The molecule has 5 aromatic rings. The molecule has 5 aliphatic heterocycles. The molecule has 10 rings (SSSR count). The Morgan fingerprint density at radius 3 is 1.53 bits per heavy atom. The van der Waals surface area contributed by atoms with Gasteiger partial charge in [-0.15, -0.1) is 22.7 Å². The fraction of sp³-hybridized carbons (Fsp3) is 0.382. The van der Waals surface area contributed by atoms with Crippen molar-refractivity contribution in [2.45, 2.75) is 110 Å². The van der Waals surface area contributed by atoms with Crippen molar-refractivity contribution in [3.05, 3.63) is 117 Å². The Bertz CT molecular complexity index is 2830. The molecular weight excluding hydrogens is 859 g/mol. The number of carboxylic acid groups (broad SMARTS) is 1. The standard InChI is InChI=1S/C55H57N5O4S2/c1-32-38(49(61)60(51(63)64)50(62)39(32)31-56)30-37-14-15-45(65-37)46-17-16-44(66-46)33-10-12-34(13-11-33)59(35-26-40-47-41(27-35)53(4,5)19-23-57(47)22-18-52(40,2)3)36-28-42-48-43(29-36)55(8,9)21-25-58(48)24-20-54(42,6)7/h10-17,26-30H,18-25H2,1-9H3,(H,63,64)/b38-30+. The second kappa shape index (κ2) is 15.3. The van der Waals surface area contributed by atoms with Gasteiger partial charge in [-0.1, -0.05) is 67.5 Å². The maximum atomic E-state index is 13.1. The van der Waals surface area contributed by atoms with E-state index in [1.807, 2.05) is 12.1 Å². The third kappa shape index (κ3) is 7.02. The number of hydrogen-bond acceptors (Lipinski definition) is 9. The minimum absolute atomic E-state index is 0.0106. The Kier molecular flexibility index (Phi) is 10.2. The first-order chi connectivity index (χ1) is 31.2. The van der Waals surface area contributed by atoms with Gasteiger partial charge in [0.15, 0.2) is 0 Å². The van der Waals surface area contributed by atoms with Crippen molar-refractivity contribution in [1.29, 1.82) is 5.26 Å². The van der Waals surface area contributed by atoms with Gasteiger partial charge >= 0.3 is 6.09 Å². The number of nitriles is 1. The van der Waals surface area contributed by atoms with Crippen LogP contribution in [-0.2, 0) is 31.2 Å². The molecule has 7 heterocycles. The van der Waals surface area contributed by atoms with E-state index in [9.17, 15) is 24.8 Å². The van der Waals surface area contributed by atoms with Crippen molar-refractivity contribution >= 4 is 75.1 Å². The van der Waals surface area contributed by atoms with E-state index in [4.69, 9.17) is 0 Å². The fourth-order valence-electron chi connectivity index (χ4n) is 10.9. The average Bonchev–Trinajstić information content (AvgIpc) is 3.95. The fourth-order valence-corrected chi connectivity index (χ4v) is 13.0. The molecule has 0 unspecified atom stereocenters. The van der Waals surface area contributed by atoms with Crippen LogP contribution in [0, 0.1) is 11.3 Å². The number of carbonyl (C=O) groups excluding carboxylic acids is 2. The first kappa shape index (κ1) is 43.9. The minimum atomic E-state index is -1.71. The summed E-state index contributed by atoms with van der Waals surface area (Å²) >= 11 is 3.14. The summed E-state index contributed by atoms with van der Waals surface area (Å²) < 4.78 is 0. The normalized spacial score (nSPS) is 20.5. The molecule has 338 valence electrons. The third-order valence-corrected chi connectivity index (χ3v) is 17.7. The summed E-state index contributed by atoms with van der Waals surface area (Å²) in [4.78, 5) is 49.3. The van der Waals surface area contributed by atoms with Gasteiger partial charge in [0.2, 0.25) is 0 Å². The summed E-state index contributed by atoms with van der Waals surface area (Å²) in [5.41, 5.74) is 13.3. The average molecular weight is 916 g/mol. The molecule has 3 aromatic carbocycles. The zero-order valence-electron chi connectivity index (χ0n) is 39.4. The van der Waals surface area contributed by atoms with E-state index in [1.165, 1.54) is 63.3 Å². The molecule has 3 amide bonds. The highest BCUT2D eigenvalue weighted by Gasteiger charge is 2.44. The number of nitrogens with zero attached hydrogens (tertiary/aromatic N) is 5. The number of amides is 3. The van der Waals surface area contributed by atoms with Crippen LogP contribution in [0.5, 0.6) is 0 Å². The predicted molar refractivity (Wildman–Crippen MR) is 269 cm³/mol. The van der Waals surface area contributed by atoms with Crippen LogP contribution >= 0.6 is 22.7 Å². The van der Waals surface area contributed by atoms with Gasteiger partial charge in [0.05, 0.1) is 0 Å². The third-order valence-electron chi connectivity index (χ3n) is 15.4. The molecule has 66 heavy (non-hydrogen) atoms. The maximum Gasteiger partial charge on any atom is 0.421 e. The highest BCUT2D eigenvalue weighted by atomic mass is 32.1.